The molecular weight excluding hydrogens is 309 g/mol. The number of carbonyl (C=O) groups is 1. The molecule has 3 rings (SSSR count). The van der Waals surface area contributed by atoms with Gasteiger partial charge in [-0.3, -0.25) is 9.89 Å². The van der Waals surface area contributed by atoms with Crippen molar-refractivity contribution in [3.63, 3.8) is 0 Å². The van der Waals surface area contributed by atoms with E-state index in [0.717, 1.165) is 37.1 Å². The van der Waals surface area contributed by atoms with Crippen LogP contribution in [0.3, 0.4) is 0 Å². The SMILES string of the molecule is Cc1cn[nH]c1C[C@H]1CCCN(C(=O)COc2ccccc2F)C1. The number of ether oxygens (including phenoxy) is 1. The van der Waals surface area contributed by atoms with Crippen LogP contribution in [0.2, 0.25) is 0 Å². The van der Waals surface area contributed by atoms with Crippen LogP contribution in [0.15, 0.2) is 30.5 Å². The lowest BCUT2D eigenvalue weighted by Crippen LogP contribution is -2.42. The van der Waals surface area contributed by atoms with Gasteiger partial charge in [0.15, 0.2) is 18.2 Å². The van der Waals surface area contributed by atoms with E-state index in [1.807, 2.05) is 18.0 Å². The fourth-order valence-corrected chi connectivity index (χ4v) is 3.12. The normalized spacial score (nSPS) is 17.8. The van der Waals surface area contributed by atoms with Crippen LogP contribution >= 0.6 is 0 Å². The Kier molecular flexibility index (Phi) is 5.13. The summed E-state index contributed by atoms with van der Waals surface area (Å²) in [5.74, 6) is -0.0105. The molecule has 2 heterocycles. The Hall–Kier alpha value is -2.37. The first-order valence-corrected chi connectivity index (χ1v) is 8.27. The second-order valence-corrected chi connectivity index (χ2v) is 6.30. The molecule has 2 aromatic rings. The van der Waals surface area contributed by atoms with Gasteiger partial charge in [-0.2, -0.15) is 5.10 Å². The number of likely N-dealkylation sites (tertiary alicyclic amines) is 1. The molecule has 1 fully saturated rings. The van der Waals surface area contributed by atoms with Gasteiger partial charge in [-0.1, -0.05) is 12.1 Å². The maximum Gasteiger partial charge on any atom is 0.260 e. The number of nitrogens with one attached hydrogen (secondary N) is 1. The van der Waals surface area contributed by atoms with Crippen LogP contribution in [-0.2, 0) is 11.2 Å². The molecule has 128 valence electrons. The molecule has 1 aliphatic rings. The third kappa shape index (κ3) is 3.93. The number of nitrogens with zero attached hydrogens (tertiary/aromatic N) is 2. The van der Waals surface area contributed by atoms with Crippen molar-refractivity contribution in [3.8, 4) is 5.75 Å². The molecule has 1 saturated heterocycles. The molecule has 0 unspecified atom stereocenters. The first kappa shape index (κ1) is 16.5. The van der Waals surface area contributed by atoms with E-state index in [9.17, 15) is 9.18 Å². The Bertz CT molecular complexity index is 701. The minimum absolute atomic E-state index is 0.0933. The third-order valence-corrected chi connectivity index (χ3v) is 4.49. The Morgan fingerprint density at radius 3 is 3.04 bits per heavy atom. The van der Waals surface area contributed by atoms with Gasteiger partial charge in [-0.25, -0.2) is 4.39 Å². The van der Waals surface area contributed by atoms with Crippen LogP contribution in [0.5, 0.6) is 5.75 Å². The van der Waals surface area contributed by atoms with E-state index in [1.165, 1.54) is 12.1 Å². The van der Waals surface area contributed by atoms with Crippen molar-refractivity contribution in [1.82, 2.24) is 15.1 Å². The number of aryl methyl sites for hydroxylation is 1. The molecule has 1 aromatic heterocycles. The fraction of sp³-hybridized carbons (Fsp3) is 0.444. The average Bonchev–Trinajstić information content (AvgIpc) is 2.99. The number of piperidine rings is 1. The summed E-state index contributed by atoms with van der Waals surface area (Å²) in [6, 6.07) is 6.13. The van der Waals surface area contributed by atoms with E-state index in [2.05, 4.69) is 10.2 Å². The number of rotatable bonds is 5. The molecule has 0 bridgehead atoms. The van der Waals surface area contributed by atoms with Gasteiger partial charge in [0.05, 0.1) is 6.20 Å². The van der Waals surface area contributed by atoms with E-state index >= 15 is 0 Å². The third-order valence-electron chi connectivity index (χ3n) is 4.49. The second kappa shape index (κ2) is 7.47. The van der Waals surface area contributed by atoms with Crippen molar-refractivity contribution < 1.29 is 13.9 Å². The Labute approximate surface area is 140 Å². The minimum atomic E-state index is -0.448. The molecule has 0 aliphatic carbocycles. The number of hydrogen-bond donors (Lipinski definition) is 1. The van der Waals surface area contributed by atoms with Gasteiger partial charge in [-0.15, -0.1) is 0 Å². The fourth-order valence-electron chi connectivity index (χ4n) is 3.12. The van der Waals surface area contributed by atoms with Gasteiger partial charge in [-0.05, 0) is 49.8 Å². The standard InChI is InChI=1S/C18H22FN3O2/c1-13-10-20-21-16(13)9-14-5-4-8-22(11-14)18(23)12-24-17-7-3-2-6-15(17)19/h2-3,6-7,10,14H,4-5,8-9,11-12H2,1H3,(H,20,21)/t14-/m1/s1. The first-order chi connectivity index (χ1) is 11.6. The van der Waals surface area contributed by atoms with Crippen molar-refractivity contribution in [1.29, 1.82) is 0 Å². The van der Waals surface area contributed by atoms with Crippen LogP contribution in [0.4, 0.5) is 4.39 Å². The predicted octanol–water partition coefficient (Wildman–Crippen LogP) is 2.72. The van der Waals surface area contributed by atoms with Crippen LogP contribution in [0.25, 0.3) is 0 Å². The molecule has 1 aliphatic heterocycles. The van der Waals surface area contributed by atoms with Crippen molar-refractivity contribution >= 4 is 5.91 Å². The summed E-state index contributed by atoms with van der Waals surface area (Å²) < 4.78 is 18.9. The molecule has 1 amide bonds. The van der Waals surface area contributed by atoms with Crippen LogP contribution in [0.1, 0.15) is 24.1 Å². The highest BCUT2D eigenvalue weighted by Gasteiger charge is 2.25. The van der Waals surface area contributed by atoms with E-state index in [-0.39, 0.29) is 18.3 Å². The summed E-state index contributed by atoms with van der Waals surface area (Å²) in [4.78, 5) is 14.2. The number of benzene rings is 1. The van der Waals surface area contributed by atoms with Crippen LogP contribution in [-0.4, -0.2) is 40.7 Å². The largest absolute Gasteiger partial charge is 0.481 e. The van der Waals surface area contributed by atoms with Gasteiger partial charge < -0.3 is 9.64 Å². The molecule has 1 aromatic carbocycles. The van der Waals surface area contributed by atoms with Crippen molar-refractivity contribution in [2.75, 3.05) is 19.7 Å². The zero-order chi connectivity index (χ0) is 16.9. The topological polar surface area (TPSA) is 58.2 Å². The smallest absolute Gasteiger partial charge is 0.260 e. The number of aromatic nitrogens is 2. The molecule has 24 heavy (non-hydrogen) atoms. The molecule has 0 radical (unpaired) electrons. The Morgan fingerprint density at radius 2 is 2.29 bits per heavy atom. The molecule has 6 heteroatoms. The number of hydrogen-bond acceptors (Lipinski definition) is 3. The lowest BCUT2D eigenvalue weighted by molar-refractivity contribution is -0.135. The van der Waals surface area contributed by atoms with Crippen LogP contribution in [0, 0.1) is 18.7 Å². The van der Waals surface area contributed by atoms with Gasteiger partial charge in [0.1, 0.15) is 0 Å². The predicted molar refractivity (Wildman–Crippen MR) is 88.2 cm³/mol. The average molecular weight is 331 g/mol. The summed E-state index contributed by atoms with van der Waals surface area (Å²) in [7, 11) is 0. The maximum absolute atomic E-state index is 13.5. The molecule has 0 spiro atoms. The van der Waals surface area contributed by atoms with Crippen molar-refractivity contribution in [3.05, 3.63) is 47.5 Å². The quantitative estimate of drug-likeness (QED) is 0.916. The number of aromatic amines is 1. The van der Waals surface area contributed by atoms with E-state index in [0.29, 0.717) is 12.5 Å². The summed E-state index contributed by atoms with van der Waals surface area (Å²) in [6.07, 6.45) is 4.78. The molecule has 1 atom stereocenters. The summed E-state index contributed by atoms with van der Waals surface area (Å²) in [6.45, 7) is 3.35. The number of halogens is 1. The maximum atomic E-state index is 13.5. The molecular formula is C18H22FN3O2. The van der Waals surface area contributed by atoms with Gasteiger partial charge in [0.25, 0.3) is 5.91 Å². The van der Waals surface area contributed by atoms with E-state index < -0.39 is 5.82 Å². The van der Waals surface area contributed by atoms with E-state index in [1.54, 1.807) is 12.1 Å². The van der Waals surface area contributed by atoms with Crippen LogP contribution < -0.4 is 4.74 Å². The van der Waals surface area contributed by atoms with Crippen molar-refractivity contribution in [2.45, 2.75) is 26.2 Å². The highest BCUT2D eigenvalue weighted by Crippen LogP contribution is 2.22. The minimum Gasteiger partial charge on any atom is -0.481 e. The summed E-state index contributed by atoms with van der Waals surface area (Å²) in [5.41, 5.74) is 2.29. The lowest BCUT2D eigenvalue weighted by atomic mass is 9.92. The monoisotopic (exact) mass is 331 g/mol. The van der Waals surface area contributed by atoms with Gasteiger partial charge >= 0.3 is 0 Å². The summed E-state index contributed by atoms with van der Waals surface area (Å²) in [5, 5.41) is 7.08. The van der Waals surface area contributed by atoms with Crippen molar-refractivity contribution in [2.24, 2.45) is 5.92 Å². The summed E-state index contributed by atoms with van der Waals surface area (Å²) >= 11 is 0. The molecule has 0 saturated carbocycles. The zero-order valence-electron chi connectivity index (χ0n) is 13.8. The number of amides is 1. The first-order valence-electron chi connectivity index (χ1n) is 8.27. The lowest BCUT2D eigenvalue weighted by Gasteiger charge is -2.32. The zero-order valence-corrected chi connectivity index (χ0v) is 13.8. The highest BCUT2D eigenvalue weighted by atomic mass is 19.1. The Balaban J connectivity index is 1.53. The van der Waals surface area contributed by atoms with Gasteiger partial charge in [0.2, 0.25) is 0 Å². The number of H-pyrrole nitrogens is 1. The second-order valence-electron chi connectivity index (χ2n) is 6.30. The highest BCUT2D eigenvalue weighted by molar-refractivity contribution is 5.77. The number of carbonyl (C=O) groups excluding carboxylic acids is 1. The molecule has 1 N–H and O–H groups in total. The van der Waals surface area contributed by atoms with Gasteiger partial charge in [0, 0.05) is 18.8 Å². The number of para-hydroxylation sites is 1. The molecule has 5 nitrogen and oxygen atoms in total. The van der Waals surface area contributed by atoms with E-state index in [4.69, 9.17) is 4.74 Å². The Morgan fingerprint density at radius 1 is 1.46 bits per heavy atom.